The summed E-state index contributed by atoms with van der Waals surface area (Å²) in [5.41, 5.74) is 0. The predicted molar refractivity (Wildman–Crippen MR) is 48.7 cm³/mol. The summed E-state index contributed by atoms with van der Waals surface area (Å²) in [5.74, 6) is 0. The Balaban J connectivity index is 0.000000371. The van der Waals surface area contributed by atoms with Gasteiger partial charge in [0.15, 0.2) is 34.1 Å². The third-order valence-corrected chi connectivity index (χ3v) is 2.88. The lowest BCUT2D eigenvalue weighted by Crippen LogP contribution is -1.22. The molecule has 4 nitrogen and oxygen atoms in total. The number of hydrogen-bond donors (Lipinski definition) is 0. The molecule has 10 heavy (non-hydrogen) atoms. The molecule has 0 aromatic carbocycles. The number of hydrogen-bond acceptors (Lipinski definition) is 4. The van der Waals surface area contributed by atoms with Crippen molar-refractivity contribution in [2.75, 3.05) is 0 Å². The fourth-order valence-electron chi connectivity index (χ4n) is 0.143. The van der Waals surface area contributed by atoms with Crippen LogP contribution in [0.2, 0.25) is 0 Å². The van der Waals surface area contributed by atoms with E-state index in [1.807, 2.05) is 13.8 Å². The summed E-state index contributed by atoms with van der Waals surface area (Å²) in [7, 11) is 2.97. The van der Waals surface area contributed by atoms with Crippen molar-refractivity contribution in [1.29, 1.82) is 0 Å². The summed E-state index contributed by atoms with van der Waals surface area (Å²) in [6.07, 6.45) is 0. The van der Waals surface area contributed by atoms with E-state index in [9.17, 15) is 0 Å². The molecule has 0 amide bonds. The smallest absolute Gasteiger partial charge is 0.166 e. The first-order valence-corrected chi connectivity index (χ1v) is 5.80. The van der Waals surface area contributed by atoms with Crippen LogP contribution in [0.4, 0.5) is 0 Å². The highest BCUT2D eigenvalue weighted by Gasteiger charge is 1.72. The molecule has 0 bridgehead atoms. The summed E-state index contributed by atoms with van der Waals surface area (Å²) in [6.45, 7) is 4.00. The fraction of sp³-hybridized carbons (Fsp3) is 1.00. The van der Waals surface area contributed by atoms with Gasteiger partial charge in [0.05, 0.1) is 0 Å². The molecule has 54 valence electrons. The van der Waals surface area contributed by atoms with Gasteiger partial charge in [-0.15, -0.1) is 0 Å². The van der Waals surface area contributed by atoms with E-state index in [1.54, 1.807) is 0 Å². The van der Waals surface area contributed by atoms with E-state index in [0.29, 0.717) is 0 Å². The first kappa shape index (κ1) is 10.4. The van der Waals surface area contributed by atoms with Gasteiger partial charge >= 0.3 is 0 Å². The normalized spacial score (nSPS) is 19.8. The van der Waals surface area contributed by atoms with Gasteiger partial charge in [0.2, 0.25) is 0 Å². The van der Waals surface area contributed by atoms with Crippen LogP contribution in [0.1, 0.15) is 13.8 Å². The third-order valence-electron chi connectivity index (χ3n) is 0.320. The topological polar surface area (TPSA) is 49.4 Å². The fourth-order valence-corrected chi connectivity index (χ4v) is 2.58. The monoisotopic (exact) mass is 210 g/mol. The quantitative estimate of drug-likeness (QED) is 0.493. The van der Waals surface area contributed by atoms with Crippen LogP contribution in [0.25, 0.3) is 0 Å². The maximum Gasteiger partial charge on any atom is 0.166 e. The van der Waals surface area contributed by atoms with E-state index in [2.05, 4.69) is 18.1 Å². The molecule has 0 saturated carbocycles. The first-order valence-electron chi connectivity index (χ1n) is 2.60. The third kappa shape index (κ3) is 6.52. The lowest BCUT2D eigenvalue weighted by Gasteiger charge is -1.71. The van der Waals surface area contributed by atoms with Crippen LogP contribution < -0.4 is 0 Å². The van der Waals surface area contributed by atoms with Crippen LogP contribution in [0.5, 0.6) is 0 Å². The predicted octanol–water partition coefficient (Wildman–Crippen LogP) is 5.21. The SMILES string of the molecule is CC.N1=PN=PN=PN=P1. The van der Waals surface area contributed by atoms with Crippen molar-refractivity contribution in [1.82, 2.24) is 0 Å². The Morgan fingerprint density at radius 1 is 0.600 bits per heavy atom. The Hall–Kier alpha value is 0.400. The van der Waals surface area contributed by atoms with E-state index in [-0.39, 0.29) is 0 Å². The van der Waals surface area contributed by atoms with Gasteiger partial charge in [0.25, 0.3) is 0 Å². The Morgan fingerprint density at radius 3 is 1.00 bits per heavy atom. The van der Waals surface area contributed by atoms with Crippen LogP contribution in [0, 0.1) is 0 Å². The van der Waals surface area contributed by atoms with Crippen molar-refractivity contribution in [3.63, 3.8) is 0 Å². The highest BCUT2D eigenvalue weighted by molar-refractivity contribution is 7.50. The Morgan fingerprint density at radius 2 is 0.800 bits per heavy atom. The minimum atomic E-state index is 0.743. The molecule has 0 aromatic heterocycles. The minimum absolute atomic E-state index is 0.743. The molecule has 1 aliphatic heterocycles. The molecule has 0 aromatic rings. The largest absolute Gasteiger partial charge is 0.166 e. The Bertz CT molecular complexity index is 116. The van der Waals surface area contributed by atoms with Gasteiger partial charge in [0.1, 0.15) is 0 Å². The van der Waals surface area contributed by atoms with Gasteiger partial charge in [-0.25, -0.2) is 0 Å². The van der Waals surface area contributed by atoms with Crippen LogP contribution in [-0.2, 0) is 0 Å². The molecule has 0 atom stereocenters. The van der Waals surface area contributed by atoms with Gasteiger partial charge < -0.3 is 0 Å². The van der Waals surface area contributed by atoms with E-state index in [1.165, 1.54) is 0 Å². The molecule has 0 radical (unpaired) electrons. The molecule has 1 heterocycles. The maximum absolute atomic E-state index is 3.87. The molecule has 8 heteroatoms. The molecule has 0 spiro atoms. The molecule has 0 unspecified atom stereocenters. The first-order chi connectivity index (χ1) is 5.00. The number of rotatable bonds is 0. The molecule has 0 saturated heterocycles. The van der Waals surface area contributed by atoms with Gasteiger partial charge in [0, 0.05) is 0 Å². The van der Waals surface area contributed by atoms with Crippen molar-refractivity contribution in [2.24, 2.45) is 18.1 Å². The molecule has 0 aliphatic carbocycles. The van der Waals surface area contributed by atoms with Crippen molar-refractivity contribution in [3.05, 3.63) is 0 Å². The second-order valence-corrected chi connectivity index (χ2v) is 4.29. The average molecular weight is 210 g/mol. The van der Waals surface area contributed by atoms with Gasteiger partial charge in [-0.2, -0.15) is 18.1 Å². The second-order valence-electron chi connectivity index (χ2n) is 0.716. The molecular weight excluding hydrogens is 204 g/mol. The van der Waals surface area contributed by atoms with Crippen LogP contribution >= 0.6 is 34.1 Å². The molecule has 1 rings (SSSR count). The average Bonchev–Trinajstić information content (AvgIpc) is 1.90. The number of nitrogens with zero attached hydrogens (tertiary/aromatic N) is 4. The van der Waals surface area contributed by atoms with E-state index < -0.39 is 0 Å². The van der Waals surface area contributed by atoms with E-state index in [0.717, 1.165) is 34.1 Å². The van der Waals surface area contributed by atoms with Crippen molar-refractivity contribution < 1.29 is 0 Å². The molecule has 0 fully saturated rings. The van der Waals surface area contributed by atoms with Gasteiger partial charge in [-0.3, -0.25) is 0 Å². The zero-order valence-corrected chi connectivity index (χ0v) is 9.16. The van der Waals surface area contributed by atoms with Crippen LogP contribution in [-0.4, -0.2) is 0 Å². The van der Waals surface area contributed by atoms with E-state index in [4.69, 9.17) is 0 Å². The zero-order chi connectivity index (χ0) is 7.66. The highest BCUT2D eigenvalue weighted by Crippen LogP contribution is 2.27. The van der Waals surface area contributed by atoms with Crippen LogP contribution in [0.15, 0.2) is 18.1 Å². The molecule has 0 N–H and O–H groups in total. The summed E-state index contributed by atoms with van der Waals surface area (Å²) in [5, 5.41) is 0. The molecular formula is C2H6N4P4. The Labute approximate surface area is 66.6 Å². The molecule has 1 aliphatic rings. The van der Waals surface area contributed by atoms with Gasteiger partial charge in [-0.05, 0) is 0 Å². The summed E-state index contributed by atoms with van der Waals surface area (Å²) >= 11 is 0. The lowest BCUT2D eigenvalue weighted by molar-refractivity contribution is 1.50. The maximum atomic E-state index is 3.87. The summed E-state index contributed by atoms with van der Waals surface area (Å²) in [6, 6.07) is 0. The highest BCUT2D eigenvalue weighted by atomic mass is 31.1. The van der Waals surface area contributed by atoms with Crippen molar-refractivity contribution in [2.45, 2.75) is 13.8 Å². The van der Waals surface area contributed by atoms with E-state index >= 15 is 0 Å². The summed E-state index contributed by atoms with van der Waals surface area (Å²) in [4.78, 5) is 0. The summed E-state index contributed by atoms with van der Waals surface area (Å²) < 4.78 is 15.5. The van der Waals surface area contributed by atoms with Crippen LogP contribution in [0.3, 0.4) is 0 Å². The minimum Gasteiger partial charge on any atom is -0.166 e. The van der Waals surface area contributed by atoms with Gasteiger partial charge in [-0.1, -0.05) is 13.8 Å². The lowest BCUT2D eigenvalue weighted by atomic mass is 11.0. The zero-order valence-electron chi connectivity index (χ0n) is 5.58. The Kier molecular flexibility index (Phi) is 9.78. The van der Waals surface area contributed by atoms with Crippen molar-refractivity contribution >= 4 is 34.1 Å². The standard InChI is InChI=1S/C2H6.N4P4/c1-2;1-5-2-7-4-8-3-6-1/h1-2H3;. The van der Waals surface area contributed by atoms with Crippen molar-refractivity contribution in [3.8, 4) is 0 Å². The second kappa shape index (κ2) is 9.40.